The molecule has 2 heterocycles. The summed E-state index contributed by atoms with van der Waals surface area (Å²) in [6.07, 6.45) is 2.20. The molecule has 1 N–H and O–H groups in total. The Morgan fingerprint density at radius 2 is 1.72 bits per heavy atom. The van der Waals surface area contributed by atoms with Crippen molar-refractivity contribution in [3.8, 4) is 28.6 Å². The molecule has 5 rings (SSSR count). The smallest absolute Gasteiger partial charge is 0.226 e. The maximum Gasteiger partial charge on any atom is 0.226 e. The van der Waals surface area contributed by atoms with Crippen LogP contribution in [0.2, 0.25) is 0 Å². The van der Waals surface area contributed by atoms with Crippen molar-refractivity contribution in [2.75, 3.05) is 26.6 Å². The van der Waals surface area contributed by atoms with Crippen LogP contribution in [0.3, 0.4) is 0 Å². The van der Waals surface area contributed by atoms with Gasteiger partial charge in [-0.2, -0.15) is 4.98 Å². The van der Waals surface area contributed by atoms with Crippen LogP contribution in [0.4, 0.5) is 5.95 Å². The topological polar surface area (TPSA) is 87.5 Å². The number of methoxy groups -OCH3 is 3. The van der Waals surface area contributed by atoms with E-state index in [9.17, 15) is 4.79 Å². The molecule has 1 aliphatic heterocycles. The molecule has 0 radical (unpaired) electrons. The summed E-state index contributed by atoms with van der Waals surface area (Å²) in [6, 6.07) is 13.3. The summed E-state index contributed by atoms with van der Waals surface area (Å²) >= 11 is 0. The average Bonchev–Trinajstić information content (AvgIpc) is 3.26. The Labute approximate surface area is 185 Å². The van der Waals surface area contributed by atoms with E-state index in [1.807, 2.05) is 42.5 Å². The normalized spacial score (nSPS) is 17.3. The fraction of sp³-hybridized carbons (Fsp3) is 0.292. The van der Waals surface area contributed by atoms with Crippen LogP contribution in [0.25, 0.3) is 11.4 Å². The van der Waals surface area contributed by atoms with E-state index in [0.29, 0.717) is 35.4 Å². The highest BCUT2D eigenvalue weighted by Crippen LogP contribution is 2.43. The quantitative estimate of drug-likeness (QED) is 0.652. The highest BCUT2D eigenvalue weighted by Gasteiger charge is 2.37. The number of carbonyl (C=O) groups is 1. The molecule has 2 aliphatic rings. The summed E-state index contributed by atoms with van der Waals surface area (Å²) < 4.78 is 18.2. The Balaban J connectivity index is 1.66. The lowest BCUT2D eigenvalue weighted by atomic mass is 9.85. The molecule has 1 aliphatic carbocycles. The number of Topliss-reactive ketones (excluding diaryl/α,β-unsaturated/α-hetero) is 1. The van der Waals surface area contributed by atoms with Crippen molar-refractivity contribution < 1.29 is 19.0 Å². The first-order valence-electron chi connectivity index (χ1n) is 10.5. The van der Waals surface area contributed by atoms with Crippen molar-refractivity contribution in [1.29, 1.82) is 0 Å². The minimum Gasteiger partial charge on any atom is -0.493 e. The number of carbonyl (C=O) groups excluding carboxylic acids is 1. The Kier molecular flexibility index (Phi) is 5.05. The third-order valence-corrected chi connectivity index (χ3v) is 5.91. The summed E-state index contributed by atoms with van der Waals surface area (Å²) in [7, 11) is 4.71. The van der Waals surface area contributed by atoms with Crippen molar-refractivity contribution in [3.05, 3.63) is 59.3 Å². The van der Waals surface area contributed by atoms with E-state index in [1.54, 1.807) is 26.0 Å². The molecule has 0 amide bonds. The summed E-state index contributed by atoms with van der Waals surface area (Å²) in [5, 5.41) is 8.18. The molecular formula is C24H24N4O4. The van der Waals surface area contributed by atoms with Gasteiger partial charge in [0, 0.05) is 23.3 Å². The lowest BCUT2D eigenvalue weighted by molar-refractivity contribution is -0.116. The Morgan fingerprint density at radius 3 is 2.38 bits per heavy atom. The highest BCUT2D eigenvalue weighted by molar-refractivity contribution is 5.99. The summed E-state index contributed by atoms with van der Waals surface area (Å²) in [4.78, 5) is 17.7. The third-order valence-electron chi connectivity index (χ3n) is 5.91. The zero-order chi connectivity index (χ0) is 22.2. The first-order chi connectivity index (χ1) is 15.6. The first-order valence-corrected chi connectivity index (χ1v) is 10.5. The number of anilines is 1. The molecule has 0 unspecified atom stereocenters. The number of benzene rings is 2. The van der Waals surface area contributed by atoms with Gasteiger partial charge < -0.3 is 19.5 Å². The predicted molar refractivity (Wildman–Crippen MR) is 119 cm³/mol. The molecule has 1 atom stereocenters. The Morgan fingerprint density at radius 1 is 1.00 bits per heavy atom. The molecule has 8 heteroatoms. The van der Waals surface area contributed by atoms with E-state index < -0.39 is 0 Å². The fourth-order valence-corrected chi connectivity index (χ4v) is 4.43. The fourth-order valence-electron chi connectivity index (χ4n) is 4.43. The minimum atomic E-state index is -0.321. The van der Waals surface area contributed by atoms with Gasteiger partial charge in [0.25, 0.3) is 0 Å². The van der Waals surface area contributed by atoms with Crippen molar-refractivity contribution in [2.24, 2.45) is 0 Å². The number of ketones is 1. The summed E-state index contributed by atoms with van der Waals surface area (Å²) in [6.45, 7) is 0. The van der Waals surface area contributed by atoms with E-state index >= 15 is 0 Å². The second-order valence-electron chi connectivity index (χ2n) is 7.72. The first kappa shape index (κ1) is 20.1. The van der Waals surface area contributed by atoms with Gasteiger partial charge in [-0.25, -0.2) is 4.68 Å². The van der Waals surface area contributed by atoms with Crippen LogP contribution < -0.4 is 19.5 Å². The molecule has 0 fully saturated rings. The molecule has 1 aromatic heterocycles. The van der Waals surface area contributed by atoms with Gasteiger partial charge in [0.05, 0.1) is 21.3 Å². The van der Waals surface area contributed by atoms with Gasteiger partial charge in [-0.15, -0.1) is 5.10 Å². The maximum absolute atomic E-state index is 12.9. The molecule has 8 nitrogen and oxygen atoms in total. The third kappa shape index (κ3) is 3.19. The van der Waals surface area contributed by atoms with Crippen molar-refractivity contribution in [1.82, 2.24) is 14.8 Å². The average molecular weight is 432 g/mol. The lowest BCUT2D eigenvalue weighted by Crippen LogP contribution is -2.31. The molecule has 0 saturated heterocycles. The van der Waals surface area contributed by atoms with Crippen LogP contribution in [0.5, 0.6) is 17.2 Å². The lowest BCUT2D eigenvalue weighted by Gasteiger charge is -2.32. The number of hydrogen-bond donors (Lipinski definition) is 1. The molecule has 164 valence electrons. The van der Waals surface area contributed by atoms with Crippen LogP contribution in [0.1, 0.15) is 30.9 Å². The zero-order valence-electron chi connectivity index (χ0n) is 18.2. The number of allylic oxidation sites excluding steroid dienone is 2. The standard InChI is InChI=1S/C24H24N4O4/c1-30-18-12-15(13-19(31-2)22(18)32-3)23-26-24-25-16-10-7-11-17(29)20(16)21(28(24)27-23)14-8-5-4-6-9-14/h4-6,8-9,12-13,21H,7,10-11H2,1-3H3,(H,25,26,27)/t21-/m0/s1. The molecular weight excluding hydrogens is 408 g/mol. The van der Waals surface area contributed by atoms with E-state index in [0.717, 1.165) is 35.2 Å². The molecule has 3 aromatic rings. The van der Waals surface area contributed by atoms with Gasteiger partial charge >= 0.3 is 0 Å². The summed E-state index contributed by atoms with van der Waals surface area (Å²) in [5.74, 6) is 2.81. The maximum atomic E-state index is 12.9. The van der Waals surface area contributed by atoms with E-state index in [1.165, 1.54) is 0 Å². The van der Waals surface area contributed by atoms with Crippen LogP contribution in [-0.2, 0) is 4.79 Å². The number of ether oxygens (including phenoxy) is 3. The molecule has 0 spiro atoms. The largest absolute Gasteiger partial charge is 0.493 e. The SMILES string of the molecule is COc1cc(-c2nc3n(n2)[C@@H](c2ccccc2)C2=C(CCCC2=O)N3)cc(OC)c1OC. The van der Waals surface area contributed by atoms with Crippen LogP contribution in [0, 0.1) is 0 Å². The van der Waals surface area contributed by atoms with Gasteiger partial charge in [-0.05, 0) is 30.5 Å². The second-order valence-corrected chi connectivity index (χ2v) is 7.72. The molecule has 0 bridgehead atoms. The monoisotopic (exact) mass is 432 g/mol. The van der Waals surface area contributed by atoms with Gasteiger partial charge in [-0.1, -0.05) is 30.3 Å². The Hall–Kier alpha value is -3.81. The summed E-state index contributed by atoms with van der Waals surface area (Å²) in [5.41, 5.74) is 3.43. The minimum absolute atomic E-state index is 0.156. The highest BCUT2D eigenvalue weighted by atomic mass is 16.5. The van der Waals surface area contributed by atoms with E-state index in [4.69, 9.17) is 24.3 Å². The Bertz CT molecular complexity index is 1190. The number of nitrogens with zero attached hydrogens (tertiary/aromatic N) is 3. The number of hydrogen-bond acceptors (Lipinski definition) is 7. The van der Waals surface area contributed by atoms with E-state index in [-0.39, 0.29) is 11.8 Å². The van der Waals surface area contributed by atoms with E-state index in [2.05, 4.69) is 5.32 Å². The number of aromatic nitrogens is 3. The van der Waals surface area contributed by atoms with Crippen molar-refractivity contribution in [3.63, 3.8) is 0 Å². The number of fused-ring (bicyclic) bond motifs is 1. The van der Waals surface area contributed by atoms with Gasteiger partial charge in [-0.3, -0.25) is 4.79 Å². The van der Waals surface area contributed by atoms with Crippen molar-refractivity contribution >= 4 is 11.7 Å². The van der Waals surface area contributed by atoms with Gasteiger partial charge in [0.15, 0.2) is 23.1 Å². The van der Waals surface area contributed by atoms with Gasteiger partial charge in [0.2, 0.25) is 11.7 Å². The van der Waals surface area contributed by atoms with Crippen LogP contribution >= 0.6 is 0 Å². The van der Waals surface area contributed by atoms with Gasteiger partial charge in [0.1, 0.15) is 6.04 Å². The molecule has 32 heavy (non-hydrogen) atoms. The molecule has 0 saturated carbocycles. The second kappa shape index (κ2) is 8.03. The predicted octanol–water partition coefficient (Wildman–Crippen LogP) is 3.99. The number of nitrogens with one attached hydrogen (secondary N) is 1. The van der Waals surface area contributed by atoms with Crippen LogP contribution in [0.15, 0.2) is 53.7 Å². The number of rotatable bonds is 5. The van der Waals surface area contributed by atoms with Crippen molar-refractivity contribution in [2.45, 2.75) is 25.3 Å². The molecule has 2 aromatic carbocycles. The van der Waals surface area contributed by atoms with Crippen LogP contribution in [-0.4, -0.2) is 41.9 Å². The zero-order valence-corrected chi connectivity index (χ0v) is 18.2.